The van der Waals surface area contributed by atoms with E-state index in [1.54, 1.807) is 12.1 Å². The van der Waals surface area contributed by atoms with Crippen LogP contribution in [0.5, 0.6) is 5.75 Å². The summed E-state index contributed by atoms with van der Waals surface area (Å²) in [5, 5.41) is 14.8. The molecule has 0 bridgehead atoms. The van der Waals surface area contributed by atoms with E-state index in [0.29, 0.717) is 13.0 Å². The van der Waals surface area contributed by atoms with Gasteiger partial charge in [-0.1, -0.05) is 24.3 Å². The number of nitrogens with zero attached hydrogens (tertiary/aromatic N) is 2. The van der Waals surface area contributed by atoms with Gasteiger partial charge in [-0.3, -0.25) is 4.79 Å². The molecule has 2 aromatic rings. The van der Waals surface area contributed by atoms with Gasteiger partial charge in [-0.2, -0.15) is 0 Å². The molecule has 0 radical (unpaired) electrons. The zero-order valence-electron chi connectivity index (χ0n) is 25.1. The van der Waals surface area contributed by atoms with E-state index in [2.05, 4.69) is 11.8 Å². The molecule has 2 aliphatic heterocycles. The standard InChI is InChI=1S/C30H41FN2O4.C2H2O4/c1-22(2)36-28-10-6-24(7-11-28)20-29(34)33(21-25-4-8-26(31)9-5-25)27-12-16-32(17-13-27)18-14-30-35-19-15-23(3)37-30;3-1(4)2(5)6/h4-11,22-23,27,30H,12-21H2,1-3H3;(H,3,4)(H,5,6). The Morgan fingerprint density at radius 2 is 1.58 bits per heavy atom. The number of benzene rings is 2. The van der Waals surface area contributed by atoms with Crippen LogP contribution in [-0.2, 0) is 36.8 Å². The Hall–Kier alpha value is -3.54. The number of piperidine rings is 1. The zero-order chi connectivity index (χ0) is 31.4. The number of ether oxygens (including phenoxy) is 3. The molecule has 2 atom stereocenters. The van der Waals surface area contributed by atoms with Crippen LogP contribution in [0.1, 0.15) is 57.6 Å². The molecular formula is C32H43FN2O8. The summed E-state index contributed by atoms with van der Waals surface area (Å²) >= 11 is 0. The predicted octanol–water partition coefficient (Wildman–Crippen LogP) is 4.35. The van der Waals surface area contributed by atoms with E-state index in [4.69, 9.17) is 34.0 Å². The van der Waals surface area contributed by atoms with E-state index in [0.717, 1.165) is 68.8 Å². The number of amides is 1. The second kappa shape index (κ2) is 16.9. The van der Waals surface area contributed by atoms with Crippen molar-refractivity contribution in [1.29, 1.82) is 0 Å². The molecule has 236 valence electrons. The van der Waals surface area contributed by atoms with Gasteiger partial charge in [0, 0.05) is 38.6 Å². The molecule has 2 unspecified atom stereocenters. The van der Waals surface area contributed by atoms with Crippen molar-refractivity contribution in [3.05, 3.63) is 65.5 Å². The number of aliphatic carboxylic acids is 2. The molecule has 0 aromatic heterocycles. The van der Waals surface area contributed by atoms with Gasteiger partial charge in [0.05, 0.1) is 25.2 Å². The Kier molecular flexibility index (Phi) is 13.4. The molecule has 43 heavy (non-hydrogen) atoms. The molecule has 0 saturated carbocycles. The minimum absolute atomic E-state index is 0.0956. The van der Waals surface area contributed by atoms with Gasteiger partial charge < -0.3 is 34.2 Å². The SMILES string of the molecule is CC(C)Oc1ccc(CC(=O)N(Cc2ccc(F)cc2)C2CCN(CCC3OCCC(C)O3)CC2)cc1.O=C(O)C(=O)O. The van der Waals surface area contributed by atoms with Gasteiger partial charge in [0.1, 0.15) is 11.6 Å². The first-order valence-corrected chi connectivity index (χ1v) is 14.7. The molecule has 0 aliphatic carbocycles. The van der Waals surface area contributed by atoms with Crippen LogP contribution >= 0.6 is 0 Å². The van der Waals surface area contributed by atoms with E-state index in [1.807, 2.05) is 43.0 Å². The van der Waals surface area contributed by atoms with Crippen molar-refractivity contribution in [3.63, 3.8) is 0 Å². The lowest BCUT2D eigenvalue weighted by Gasteiger charge is -2.39. The molecule has 0 spiro atoms. The second-order valence-electron chi connectivity index (χ2n) is 11.1. The number of hydrogen-bond donors (Lipinski definition) is 2. The third kappa shape index (κ3) is 11.9. The topological polar surface area (TPSA) is 126 Å². The smallest absolute Gasteiger partial charge is 0.414 e. The summed E-state index contributed by atoms with van der Waals surface area (Å²) in [6, 6.07) is 14.4. The third-order valence-electron chi connectivity index (χ3n) is 7.31. The number of halogens is 1. The molecule has 4 rings (SSSR count). The minimum Gasteiger partial charge on any atom is -0.491 e. The van der Waals surface area contributed by atoms with E-state index < -0.39 is 11.9 Å². The second-order valence-corrected chi connectivity index (χ2v) is 11.1. The number of carbonyl (C=O) groups is 3. The van der Waals surface area contributed by atoms with Crippen molar-refractivity contribution in [2.45, 2.75) is 84.0 Å². The van der Waals surface area contributed by atoms with Crippen molar-refractivity contribution < 1.29 is 43.2 Å². The fraction of sp³-hybridized carbons (Fsp3) is 0.531. The zero-order valence-corrected chi connectivity index (χ0v) is 25.1. The molecule has 2 saturated heterocycles. The Morgan fingerprint density at radius 3 is 2.14 bits per heavy atom. The molecule has 2 fully saturated rings. The maximum Gasteiger partial charge on any atom is 0.414 e. The number of hydrogen-bond acceptors (Lipinski definition) is 7. The first-order chi connectivity index (χ1) is 20.5. The van der Waals surface area contributed by atoms with Crippen LogP contribution in [0.3, 0.4) is 0 Å². The van der Waals surface area contributed by atoms with Gasteiger partial charge in [0.15, 0.2) is 6.29 Å². The fourth-order valence-electron chi connectivity index (χ4n) is 5.07. The third-order valence-corrected chi connectivity index (χ3v) is 7.31. The lowest BCUT2D eigenvalue weighted by Crippen LogP contribution is -2.48. The summed E-state index contributed by atoms with van der Waals surface area (Å²) in [5.74, 6) is -3.01. The summed E-state index contributed by atoms with van der Waals surface area (Å²) in [4.78, 5) is 36.2. The summed E-state index contributed by atoms with van der Waals surface area (Å²) in [6.45, 7) is 10.1. The summed E-state index contributed by atoms with van der Waals surface area (Å²) in [5.41, 5.74) is 1.91. The van der Waals surface area contributed by atoms with Gasteiger partial charge in [-0.05, 0) is 75.4 Å². The van der Waals surface area contributed by atoms with Crippen LogP contribution in [0.2, 0.25) is 0 Å². The minimum atomic E-state index is -1.82. The number of carbonyl (C=O) groups excluding carboxylic acids is 1. The lowest BCUT2D eigenvalue weighted by molar-refractivity contribution is -0.211. The van der Waals surface area contributed by atoms with Crippen LogP contribution in [0, 0.1) is 5.82 Å². The highest BCUT2D eigenvalue weighted by molar-refractivity contribution is 6.27. The van der Waals surface area contributed by atoms with Gasteiger partial charge in [0.25, 0.3) is 0 Å². The molecule has 1 amide bonds. The van der Waals surface area contributed by atoms with Crippen molar-refractivity contribution in [1.82, 2.24) is 9.80 Å². The average Bonchev–Trinajstić information content (AvgIpc) is 2.97. The highest BCUT2D eigenvalue weighted by atomic mass is 19.1. The van der Waals surface area contributed by atoms with E-state index >= 15 is 0 Å². The maximum absolute atomic E-state index is 13.6. The molecule has 2 heterocycles. The van der Waals surface area contributed by atoms with Gasteiger partial charge in [-0.15, -0.1) is 0 Å². The average molecular weight is 603 g/mol. The number of rotatable bonds is 10. The molecule has 10 nitrogen and oxygen atoms in total. The van der Waals surface area contributed by atoms with Crippen molar-refractivity contribution in [2.75, 3.05) is 26.2 Å². The van der Waals surface area contributed by atoms with Gasteiger partial charge >= 0.3 is 11.9 Å². The van der Waals surface area contributed by atoms with Crippen molar-refractivity contribution in [3.8, 4) is 5.75 Å². The van der Waals surface area contributed by atoms with E-state index in [-0.39, 0.29) is 36.3 Å². The van der Waals surface area contributed by atoms with Crippen LogP contribution < -0.4 is 4.74 Å². The van der Waals surface area contributed by atoms with Crippen LogP contribution in [0.4, 0.5) is 4.39 Å². The number of carboxylic acid groups (broad SMARTS) is 2. The lowest BCUT2D eigenvalue weighted by atomic mass is 10.0. The Bertz CT molecular complexity index is 1150. The Labute approximate surface area is 252 Å². The van der Waals surface area contributed by atoms with E-state index in [1.165, 1.54) is 12.1 Å². The summed E-state index contributed by atoms with van der Waals surface area (Å²) in [7, 11) is 0. The first kappa shape index (κ1) is 34.0. The van der Waals surface area contributed by atoms with Crippen LogP contribution in [0.25, 0.3) is 0 Å². The largest absolute Gasteiger partial charge is 0.491 e. The summed E-state index contributed by atoms with van der Waals surface area (Å²) in [6.07, 6.45) is 4.23. The highest BCUT2D eigenvalue weighted by Gasteiger charge is 2.29. The number of carboxylic acids is 2. The Morgan fingerprint density at radius 1 is 0.977 bits per heavy atom. The van der Waals surface area contributed by atoms with Crippen molar-refractivity contribution in [2.24, 2.45) is 0 Å². The van der Waals surface area contributed by atoms with Crippen molar-refractivity contribution >= 4 is 17.8 Å². The normalized spacial score (nSPS) is 19.3. The fourth-order valence-corrected chi connectivity index (χ4v) is 5.07. The van der Waals surface area contributed by atoms with Gasteiger partial charge in [0.2, 0.25) is 5.91 Å². The molecule has 2 N–H and O–H groups in total. The molecule has 2 aromatic carbocycles. The first-order valence-electron chi connectivity index (χ1n) is 14.7. The predicted molar refractivity (Wildman–Crippen MR) is 157 cm³/mol. The maximum atomic E-state index is 13.6. The molecule has 2 aliphatic rings. The monoisotopic (exact) mass is 602 g/mol. The quantitative estimate of drug-likeness (QED) is 0.382. The Balaban J connectivity index is 0.000000765. The van der Waals surface area contributed by atoms with E-state index in [9.17, 15) is 9.18 Å². The van der Waals surface area contributed by atoms with Gasteiger partial charge in [-0.25, -0.2) is 14.0 Å². The van der Waals surface area contributed by atoms with Crippen LogP contribution in [-0.4, -0.2) is 88.6 Å². The number of likely N-dealkylation sites (tertiary alicyclic amines) is 1. The summed E-state index contributed by atoms with van der Waals surface area (Å²) < 4.78 is 30.9. The van der Waals surface area contributed by atoms with Crippen LogP contribution in [0.15, 0.2) is 48.5 Å². The highest BCUT2D eigenvalue weighted by Crippen LogP contribution is 2.23. The molecule has 11 heteroatoms. The molecular weight excluding hydrogens is 559 g/mol.